The normalized spacial score (nSPS) is 12.1. The van der Waals surface area contributed by atoms with Crippen molar-refractivity contribution in [2.75, 3.05) is 14.2 Å². The van der Waals surface area contributed by atoms with Gasteiger partial charge in [-0.25, -0.2) is 0 Å². The zero-order valence-electron chi connectivity index (χ0n) is 12.4. The molecule has 0 fully saturated rings. The Labute approximate surface area is 120 Å². The van der Waals surface area contributed by atoms with Crippen LogP contribution in [0.2, 0.25) is 0 Å². The van der Waals surface area contributed by atoms with Gasteiger partial charge in [0.1, 0.15) is 11.5 Å². The lowest BCUT2D eigenvalue weighted by atomic mass is 9.91. The van der Waals surface area contributed by atoms with Gasteiger partial charge >= 0.3 is 0 Å². The van der Waals surface area contributed by atoms with Crippen molar-refractivity contribution in [2.45, 2.75) is 19.9 Å². The SMILES string of the molecule is COc1ccc(C(N)c2c(C)cccc2C)c(OC)c1. The first-order valence-corrected chi connectivity index (χ1v) is 6.62. The number of ether oxygens (including phenoxy) is 2. The molecular weight excluding hydrogens is 250 g/mol. The topological polar surface area (TPSA) is 44.5 Å². The van der Waals surface area contributed by atoms with Crippen LogP contribution in [-0.2, 0) is 0 Å². The number of benzene rings is 2. The summed E-state index contributed by atoms with van der Waals surface area (Å²) in [6, 6.07) is 11.7. The lowest BCUT2D eigenvalue weighted by Gasteiger charge is -2.20. The van der Waals surface area contributed by atoms with Crippen LogP contribution in [0.5, 0.6) is 11.5 Å². The molecule has 0 amide bonds. The molecule has 1 unspecified atom stereocenters. The van der Waals surface area contributed by atoms with Crippen molar-refractivity contribution in [3.05, 3.63) is 58.7 Å². The highest BCUT2D eigenvalue weighted by molar-refractivity contribution is 5.49. The molecule has 0 aliphatic carbocycles. The highest BCUT2D eigenvalue weighted by Crippen LogP contribution is 2.33. The predicted octanol–water partition coefficient (Wildman–Crippen LogP) is 3.37. The Morgan fingerprint density at radius 3 is 2.15 bits per heavy atom. The average Bonchev–Trinajstić information content (AvgIpc) is 2.46. The van der Waals surface area contributed by atoms with Gasteiger partial charge in [0.25, 0.3) is 0 Å². The summed E-state index contributed by atoms with van der Waals surface area (Å²) in [5.74, 6) is 1.51. The van der Waals surface area contributed by atoms with Crippen molar-refractivity contribution in [1.82, 2.24) is 0 Å². The summed E-state index contributed by atoms with van der Waals surface area (Å²) in [7, 11) is 3.29. The average molecular weight is 271 g/mol. The maximum atomic E-state index is 6.47. The molecule has 0 saturated heterocycles. The molecule has 0 heterocycles. The number of rotatable bonds is 4. The van der Waals surface area contributed by atoms with Crippen molar-refractivity contribution in [3.8, 4) is 11.5 Å². The van der Waals surface area contributed by atoms with Gasteiger partial charge in [-0.3, -0.25) is 0 Å². The van der Waals surface area contributed by atoms with Crippen molar-refractivity contribution >= 4 is 0 Å². The monoisotopic (exact) mass is 271 g/mol. The summed E-state index contributed by atoms with van der Waals surface area (Å²) in [5, 5.41) is 0. The fourth-order valence-corrected chi connectivity index (χ4v) is 2.55. The van der Waals surface area contributed by atoms with E-state index in [9.17, 15) is 0 Å². The smallest absolute Gasteiger partial charge is 0.127 e. The van der Waals surface area contributed by atoms with Crippen LogP contribution in [0, 0.1) is 13.8 Å². The van der Waals surface area contributed by atoms with Gasteiger partial charge < -0.3 is 15.2 Å². The summed E-state index contributed by atoms with van der Waals surface area (Å²) in [5.41, 5.74) is 11.0. The van der Waals surface area contributed by atoms with E-state index in [0.717, 1.165) is 22.6 Å². The second-order valence-corrected chi connectivity index (χ2v) is 4.89. The molecule has 0 aromatic heterocycles. The van der Waals surface area contributed by atoms with Gasteiger partial charge in [-0.2, -0.15) is 0 Å². The van der Waals surface area contributed by atoms with Gasteiger partial charge in [-0.1, -0.05) is 18.2 Å². The van der Waals surface area contributed by atoms with Crippen LogP contribution in [0.25, 0.3) is 0 Å². The summed E-state index contributed by atoms with van der Waals surface area (Å²) in [4.78, 5) is 0. The van der Waals surface area contributed by atoms with Crippen LogP contribution in [0.1, 0.15) is 28.3 Å². The second-order valence-electron chi connectivity index (χ2n) is 4.89. The fraction of sp³-hybridized carbons (Fsp3) is 0.294. The van der Waals surface area contributed by atoms with Crippen LogP contribution < -0.4 is 15.2 Å². The maximum Gasteiger partial charge on any atom is 0.127 e. The first kappa shape index (κ1) is 14.4. The molecule has 0 aliphatic heterocycles. The van der Waals surface area contributed by atoms with E-state index in [-0.39, 0.29) is 6.04 Å². The molecule has 2 aromatic carbocycles. The highest BCUT2D eigenvalue weighted by Gasteiger charge is 2.18. The van der Waals surface area contributed by atoms with Gasteiger partial charge in [0.05, 0.1) is 20.3 Å². The molecular formula is C17H21NO2. The molecule has 2 rings (SSSR count). The van der Waals surface area contributed by atoms with Gasteiger partial charge in [-0.15, -0.1) is 0 Å². The van der Waals surface area contributed by atoms with E-state index in [2.05, 4.69) is 26.0 Å². The molecule has 3 nitrogen and oxygen atoms in total. The first-order chi connectivity index (χ1) is 9.58. The molecule has 20 heavy (non-hydrogen) atoms. The molecule has 1 atom stereocenters. The standard InChI is InChI=1S/C17H21NO2/c1-11-6-5-7-12(2)16(11)17(18)14-9-8-13(19-3)10-15(14)20-4/h5-10,17H,18H2,1-4H3. The van der Waals surface area contributed by atoms with Crippen LogP contribution in [0.3, 0.4) is 0 Å². The molecule has 106 valence electrons. The van der Waals surface area contributed by atoms with Gasteiger partial charge in [0, 0.05) is 11.6 Å². The summed E-state index contributed by atoms with van der Waals surface area (Å²) in [6.07, 6.45) is 0. The van der Waals surface area contributed by atoms with Crippen molar-refractivity contribution in [3.63, 3.8) is 0 Å². The third-order valence-corrected chi connectivity index (χ3v) is 3.63. The molecule has 2 aromatic rings. The van der Waals surface area contributed by atoms with E-state index in [0.29, 0.717) is 0 Å². The van der Waals surface area contributed by atoms with Crippen LogP contribution in [0.4, 0.5) is 0 Å². The van der Waals surface area contributed by atoms with Crippen LogP contribution in [-0.4, -0.2) is 14.2 Å². The summed E-state index contributed by atoms with van der Waals surface area (Å²) < 4.78 is 10.7. The lowest BCUT2D eigenvalue weighted by molar-refractivity contribution is 0.390. The number of aryl methyl sites for hydroxylation is 2. The Morgan fingerprint density at radius 1 is 0.950 bits per heavy atom. The Balaban J connectivity index is 2.50. The van der Waals surface area contributed by atoms with Crippen molar-refractivity contribution in [2.24, 2.45) is 5.73 Å². The van der Waals surface area contributed by atoms with Crippen LogP contribution in [0.15, 0.2) is 36.4 Å². The largest absolute Gasteiger partial charge is 0.497 e. The number of methoxy groups -OCH3 is 2. The maximum absolute atomic E-state index is 6.47. The van der Waals surface area contributed by atoms with E-state index in [4.69, 9.17) is 15.2 Å². The molecule has 0 aliphatic rings. The number of nitrogens with two attached hydrogens (primary N) is 1. The predicted molar refractivity (Wildman–Crippen MR) is 81.5 cm³/mol. The molecule has 0 spiro atoms. The Bertz CT molecular complexity index is 588. The summed E-state index contributed by atoms with van der Waals surface area (Å²) in [6.45, 7) is 4.16. The van der Waals surface area contributed by atoms with E-state index in [1.807, 2.05) is 24.3 Å². The molecule has 2 N–H and O–H groups in total. The lowest BCUT2D eigenvalue weighted by Crippen LogP contribution is -2.15. The number of hydrogen-bond acceptors (Lipinski definition) is 3. The van der Waals surface area contributed by atoms with E-state index in [1.165, 1.54) is 11.1 Å². The Kier molecular flexibility index (Phi) is 4.30. The van der Waals surface area contributed by atoms with Crippen molar-refractivity contribution < 1.29 is 9.47 Å². The molecule has 0 saturated carbocycles. The third kappa shape index (κ3) is 2.63. The third-order valence-electron chi connectivity index (χ3n) is 3.63. The quantitative estimate of drug-likeness (QED) is 0.927. The van der Waals surface area contributed by atoms with E-state index < -0.39 is 0 Å². The Hall–Kier alpha value is -2.00. The minimum absolute atomic E-state index is 0.211. The first-order valence-electron chi connectivity index (χ1n) is 6.62. The van der Waals surface area contributed by atoms with Gasteiger partial charge in [0.15, 0.2) is 0 Å². The zero-order chi connectivity index (χ0) is 14.7. The molecule has 0 bridgehead atoms. The number of hydrogen-bond donors (Lipinski definition) is 1. The Morgan fingerprint density at radius 2 is 1.60 bits per heavy atom. The summed E-state index contributed by atoms with van der Waals surface area (Å²) >= 11 is 0. The van der Waals surface area contributed by atoms with Crippen molar-refractivity contribution in [1.29, 1.82) is 0 Å². The van der Waals surface area contributed by atoms with Crippen LogP contribution >= 0.6 is 0 Å². The molecule has 0 radical (unpaired) electrons. The van der Waals surface area contributed by atoms with E-state index in [1.54, 1.807) is 14.2 Å². The van der Waals surface area contributed by atoms with E-state index >= 15 is 0 Å². The van der Waals surface area contributed by atoms with Gasteiger partial charge in [0.2, 0.25) is 0 Å². The second kappa shape index (κ2) is 5.97. The minimum atomic E-state index is -0.211. The molecule has 3 heteroatoms. The van der Waals surface area contributed by atoms with Gasteiger partial charge in [-0.05, 0) is 42.7 Å². The minimum Gasteiger partial charge on any atom is -0.497 e. The fourth-order valence-electron chi connectivity index (χ4n) is 2.55. The highest BCUT2D eigenvalue weighted by atomic mass is 16.5. The zero-order valence-corrected chi connectivity index (χ0v) is 12.4.